The van der Waals surface area contributed by atoms with Gasteiger partial charge in [-0.3, -0.25) is 19.4 Å². The first-order valence-electron chi connectivity index (χ1n) is 12.5. The summed E-state index contributed by atoms with van der Waals surface area (Å²) in [6.07, 6.45) is 0.978. The molecule has 2 aliphatic rings. The summed E-state index contributed by atoms with van der Waals surface area (Å²) in [5, 5.41) is 8.26. The van der Waals surface area contributed by atoms with E-state index < -0.39 is 11.3 Å². The van der Waals surface area contributed by atoms with Crippen molar-refractivity contribution < 1.29 is 14.4 Å². The van der Waals surface area contributed by atoms with Gasteiger partial charge in [0, 0.05) is 27.6 Å². The lowest BCUT2D eigenvalue weighted by Gasteiger charge is -2.27. The molecule has 0 radical (unpaired) electrons. The molecule has 3 amide bonds. The summed E-state index contributed by atoms with van der Waals surface area (Å²) in [6.45, 7) is 2.38. The Bertz CT molecular complexity index is 1440. The Morgan fingerprint density at radius 3 is 2.67 bits per heavy atom. The zero-order chi connectivity index (χ0) is 27.4. The van der Waals surface area contributed by atoms with Gasteiger partial charge < -0.3 is 10.6 Å². The summed E-state index contributed by atoms with van der Waals surface area (Å²) in [6, 6.07) is 17.6. The lowest BCUT2D eigenvalue weighted by Crippen LogP contribution is -2.42. The number of nitrogens with zero attached hydrogens (tertiary/aromatic N) is 3. The Hall–Kier alpha value is -3.47. The predicted octanol–water partition coefficient (Wildman–Crippen LogP) is 5.61. The molecule has 0 aliphatic carbocycles. The SMILES string of the molecule is CC[C@H](SC1=Nc2ccccc2C2=N[C@@H](CCC(=O)NCc3cccs3)C(=O)N12)C(=O)Nc1ccc(Cl)cc1. The van der Waals surface area contributed by atoms with Crippen LogP contribution in [0.1, 0.15) is 36.6 Å². The van der Waals surface area contributed by atoms with Crippen LogP contribution in [-0.2, 0) is 20.9 Å². The number of anilines is 1. The van der Waals surface area contributed by atoms with Gasteiger partial charge in [0.25, 0.3) is 5.91 Å². The molecule has 11 heteroatoms. The first-order valence-corrected chi connectivity index (χ1v) is 14.7. The van der Waals surface area contributed by atoms with E-state index in [-0.39, 0.29) is 30.6 Å². The van der Waals surface area contributed by atoms with E-state index >= 15 is 0 Å². The van der Waals surface area contributed by atoms with Gasteiger partial charge in [-0.05, 0) is 60.7 Å². The molecule has 2 atom stereocenters. The maximum atomic E-state index is 13.6. The third kappa shape index (κ3) is 6.24. The topological polar surface area (TPSA) is 103 Å². The van der Waals surface area contributed by atoms with Crippen LogP contribution in [0.5, 0.6) is 0 Å². The molecule has 39 heavy (non-hydrogen) atoms. The van der Waals surface area contributed by atoms with Crippen LogP contribution in [-0.4, -0.2) is 44.9 Å². The van der Waals surface area contributed by atoms with E-state index in [9.17, 15) is 14.4 Å². The second-order valence-electron chi connectivity index (χ2n) is 8.96. The van der Waals surface area contributed by atoms with Crippen molar-refractivity contribution in [1.82, 2.24) is 10.2 Å². The van der Waals surface area contributed by atoms with Crippen LogP contribution in [0, 0.1) is 0 Å². The summed E-state index contributed by atoms with van der Waals surface area (Å²) in [4.78, 5) is 51.2. The highest BCUT2D eigenvalue weighted by atomic mass is 35.5. The summed E-state index contributed by atoms with van der Waals surface area (Å²) >= 11 is 8.77. The van der Waals surface area contributed by atoms with Crippen LogP contribution in [0.2, 0.25) is 5.02 Å². The van der Waals surface area contributed by atoms with Crippen molar-refractivity contribution in [3.63, 3.8) is 0 Å². The summed E-state index contributed by atoms with van der Waals surface area (Å²) in [5.41, 5.74) is 2.07. The Morgan fingerprint density at radius 1 is 1.13 bits per heavy atom. The number of hydrogen-bond acceptors (Lipinski definition) is 7. The van der Waals surface area contributed by atoms with E-state index in [1.807, 2.05) is 48.7 Å². The number of carbonyl (C=O) groups is 3. The number of benzene rings is 2. The molecule has 0 unspecified atom stereocenters. The molecule has 2 N–H and O–H groups in total. The number of amides is 3. The van der Waals surface area contributed by atoms with Crippen molar-refractivity contribution in [3.8, 4) is 0 Å². The van der Waals surface area contributed by atoms with Crippen molar-refractivity contribution >= 4 is 74.8 Å². The number of nitrogens with one attached hydrogen (secondary N) is 2. The van der Waals surface area contributed by atoms with E-state index in [1.165, 1.54) is 16.7 Å². The average molecular weight is 580 g/mol. The Balaban J connectivity index is 1.30. The van der Waals surface area contributed by atoms with Crippen LogP contribution in [0.4, 0.5) is 11.4 Å². The molecular formula is C28H26ClN5O3S2. The standard InChI is InChI=1S/C28H26ClN5O3S2/c1-2-23(26(36)31-18-11-9-17(29)10-12-18)39-28-33-21-8-4-3-7-20(21)25-32-22(27(37)34(25)28)13-14-24(35)30-16-19-6-5-15-38-19/h3-12,15,22-23H,2,13-14,16H2,1H3,(H,30,35)(H,31,36)/t22-,23-/m0/s1. The van der Waals surface area contributed by atoms with Crippen LogP contribution < -0.4 is 10.6 Å². The predicted molar refractivity (Wildman–Crippen MR) is 158 cm³/mol. The molecule has 0 fully saturated rings. The smallest absolute Gasteiger partial charge is 0.259 e. The fourth-order valence-electron chi connectivity index (χ4n) is 4.23. The summed E-state index contributed by atoms with van der Waals surface area (Å²) in [7, 11) is 0. The lowest BCUT2D eigenvalue weighted by molar-refractivity contribution is -0.125. The number of rotatable bonds is 9. The van der Waals surface area contributed by atoms with Crippen LogP contribution in [0.15, 0.2) is 76.0 Å². The second-order valence-corrected chi connectivity index (χ2v) is 11.6. The van der Waals surface area contributed by atoms with Gasteiger partial charge in [-0.25, -0.2) is 9.89 Å². The molecule has 0 saturated heterocycles. The highest BCUT2D eigenvalue weighted by Gasteiger charge is 2.42. The van der Waals surface area contributed by atoms with Gasteiger partial charge in [-0.15, -0.1) is 11.3 Å². The molecule has 5 rings (SSSR count). The van der Waals surface area contributed by atoms with Crippen molar-refractivity contribution in [2.75, 3.05) is 5.32 Å². The van der Waals surface area contributed by atoms with Gasteiger partial charge in [0.15, 0.2) is 5.17 Å². The minimum Gasteiger partial charge on any atom is -0.351 e. The average Bonchev–Trinajstić information content (AvgIpc) is 3.58. The molecule has 0 saturated carbocycles. The third-order valence-electron chi connectivity index (χ3n) is 6.26. The molecule has 1 aromatic heterocycles. The number of para-hydroxylation sites is 1. The fourth-order valence-corrected chi connectivity index (χ4v) is 6.02. The summed E-state index contributed by atoms with van der Waals surface area (Å²) < 4.78 is 0. The number of hydrogen-bond donors (Lipinski definition) is 2. The van der Waals surface area contributed by atoms with Gasteiger partial charge in [0.1, 0.15) is 11.9 Å². The summed E-state index contributed by atoms with van der Waals surface area (Å²) in [5.74, 6) is -0.0693. The number of thiophene rings is 1. The first kappa shape index (κ1) is 27.1. The van der Waals surface area contributed by atoms with Crippen LogP contribution >= 0.6 is 34.7 Å². The van der Waals surface area contributed by atoms with E-state index in [2.05, 4.69) is 10.6 Å². The van der Waals surface area contributed by atoms with Crippen molar-refractivity contribution in [1.29, 1.82) is 0 Å². The quantitative estimate of drug-likeness (QED) is 0.344. The normalized spacial score (nSPS) is 16.6. The molecule has 0 bridgehead atoms. The molecule has 3 aromatic rings. The van der Waals surface area contributed by atoms with Crippen molar-refractivity contribution in [3.05, 3.63) is 81.5 Å². The van der Waals surface area contributed by atoms with E-state index in [0.29, 0.717) is 40.4 Å². The number of fused-ring (bicyclic) bond motifs is 3. The molecular weight excluding hydrogens is 554 g/mol. The van der Waals surface area contributed by atoms with E-state index in [4.69, 9.17) is 21.6 Å². The third-order valence-corrected chi connectivity index (χ3v) is 8.70. The van der Waals surface area contributed by atoms with Gasteiger partial charge in [-0.2, -0.15) is 0 Å². The van der Waals surface area contributed by atoms with Crippen molar-refractivity contribution in [2.45, 2.75) is 44.0 Å². The van der Waals surface area contributed by atoms with Crippen LogP contribution in [0.3, 0.4) is 0 Å². The van der Waals surface area contributed by atoms with E-state index in [0.717, 1.165) is 10.4 Å². The van der Waals surface area contributed by atoms with Gasteiger partial charge in [-0.1, -0.05) is 48.5 Å². The molecule has 200 valence electrons. The Kier molecular flexibility index (Phi) is 8.44. The van der Waals surface area contributed by atoms with Gasteiger partial charge >= 0.3 is 0 Å². The number of halogens is 1. The lowest BCUT2D eigenvalue weighted by atomic mass is 10.1. The zero-order valence-corrected chi connectivity index (χ0v) is 23.5. The zero-order valence-electron chi connectivity index (χ0n) is 21.1. The number of carbonyl (C=O) groups excluding carboxylic acids is 3. The van der Waals surface area contributed by atoms with Gasteiger partial charge in [0.05, 0.1) is 17.5 Å². The Labute approximate surface area is 239 Å². The maximum Gasteiger partial charge on any atom is 0.259 e. The molecule has 0 spiro atoms. The molecule has 3 heterocycles. The highest BCUT2D eigenvalue weighted by Crippen LogP contribution is 2.36. The first-order chi connectivity index (χ1) is 18.9. The maximum absolute atomic E-state index is 13.6. The molecule has 2 aliphatic heterocycles. The number of thioether (sulfide) groups is 1. The van der Waals surface area contributed by atoms with E-state index in [1.54, 1.807) is 35.6 Å². The van der Waals surface area contributed by atoms with Crippen LogP contribution in [0.25, 0.3) is 0 Å². The highest BCUT2D eigenvalue weighted by molar-refractivity contribution is 8.15. The Morgan fingerprint density at radius 2 is 1.92 bits per heavy atom. The van der Waals surface area contributed by atoms with Gasteiger partial charge in [0.2, 0.25) is 11.8 Å². The molecule has 2 aromatic carbocycles. The monoisotopic (exact) mass is 579 g/mol. The second kappa shape index (κ2) is 12.1. The fraction of sp³-hybridized carbons (Fsp3) is 0.250. The van der Waals surface area contributed by atoms with Crippen molar-refractivity contribution in [2.24, 2.45) is 9.98 Å². The molecule has 8 nitrogen and oxygen atoms in total. The minimum absolute atomic E-state index is 0.130. The number of aliphatic imine (C=N–C) groups is 2. The largest absolute Gasteiger partial charge is 0.351 e. The number of amidine groups is 2. The minimum atomic E-state index is -0.701.